The van der Waals surface area contributed by atoms with E-state index in [0.29, 0.717) is 6.61 Å². The van der Waals surface area contributed by atoms with Gasteiger partial charge in [-0.25, -0.2) is 0 Å². The van der Waals surface area contributed by atoms with E-state index in [-0.39, 0.29) is 5.91 Å². The lowest BCUT2D eigenvalue weighted by molar-refractivity contribution is -0.126. The summed E-state index contributed by atoms with van der Waals surface area (Å²) in [4.78, 5) is 15.5. The smallest absolute Gasteiger partial charge is 0.253 e. The molecule has 0 aromatic carbocycles. The number of carbonyl (C=O) groups excluding carboxylic acids is 1. The molecule has 1 heterocycles. The Kier molecular flexibility index (Phi) is 5.22. The van der Waals surface area contributed by atoms with E-state index in [2.05, 4.69) is 16.9 Å². The Hall–Kier alpha value is -1.68. The van der Waals surface area contributed by atoms with E-state index >= 15 is 0 Å². The van der Waals surface area contributed by atoms with Crippen molar-refractivity contribution < 1.29 is 9.53 Å². The first kappa shape index (κ1) is 12.4. The number of carbonyl (C=O) groups is 1. The highest BCUT2D eigenvalue weighted by atomic mass is 16.5. The van der Waals surface area contributed by atoms with E-state index in [1.165, 1.54) is 0 Å². The highest BCUT2D eigenvalue weighted by Crippen LogP contribution is 2.05. The fourth-order valence-electron chi connectivity index (χ4n) is 1.08. The molecule has 1 N–H and O–H groups in total. The van der Waals surface area contributed by atoms with Gasteiger partial charge in [-0.1, -0.05) is 6.08 Å². The monoisotopic (exact) mass is 220 g/mol. The Labute approximate surface area is 95.3 Å². The van der Waals surface area contributed by atoms with Gasteiger partial charge in [0.2, 0.25) is 0 Å². The molecule has 0 aliphatic carbocycles. The maximum Gasteiger partial charge on any atom is 0.253 e. The van der Waals surface area contributed by atoms with E-state index < -0.39 is 6.10 Å². The Balaban J connectivity index is 2.37. The number of pyridine rings is 1. The number of hydrogen-bond acceptors (Lipinski definition) is 3. The Morgan fingerprint density at radius 1 is 1.62 bits per heavy atom. The Morgan fingerprint density at radius 3 is 2.94 bits per heavy atom. The molecule has 0 bridgehead atoms. The highest BCUT2D eigenvalue weighted by Gasteiger charge is 2.12. The number of nitrogens with one attached hydrogen (secondary N) is 1. The van der Waals surface area contributed by atoms with Gasteiger partial charge in [0.1, 0.15) is 6.10 Å². The van der Waals surface area contributed by atoms with Crippen LogP contribution in [0.25, 0.3) is 0 Å². The van der Waals surface area contributed by atoms with Gasteiger partial charge in [-0.15, -0.1) is 6.58 Å². The van der Waals surface area contributed by atoms with Crippen molar-refractivity contribution in [2.24, 2.45) is 0 Å². The SMILES string of the molecule is C=CCCOC(C)C(=O)Nc1ccncc1. The van der Waals surface area contributed by atoms with Crippen LogP contribution in [0.2, 0.25) is 0 Å². The average Bonchev–Trinajstić information content (AvgIpc) is 2.30. The molecule has 0 aliphatic rings. The zero-order valence-electron chi connectivity index (χ0n) is 9.35. The molecular weight excluding hydrogens is 204 g/mol. The number of amides is 1. The topological polar surface area (TPSA) is 51.2 Å². The van der Waals surface area contributed by atoms with Gasteiger partial charge in [-0.2, -0.15) is 0 Å². The summed E-state index contributed by atoms with van der Waals surface area (Å²) in [5.74, 6) is -0.157. The van der Waals surface area contributed by atoms with E-state index in [4.69, 9.17) is 4.74 Å². The van der Waals surface area contributed by atoms with Crippen molar-refractivity contribution >= 4 is 11.6 Å². The summed E-state index contributed by atoms with van der Waals surface area (Å²) in [7, 11) is 0. The summed E-state index contributed by atoms with van der Waals surface area (Å²) in [5, 5.41) is 2.74. The molecule has 4 nitrogen and oxygen atoms in total. The van der Waals surface area contributed by atoms with Gasteiger partial charge in [-0.05, 0) is 25.5 Å². The minimum absolute atomic E-state index is 0.157. The van der Waals surface area contributed by atoms with Gasteiger partial charge in [0.05, 0.1) is 6.61 Å². The molecule has 1 aromatic rings. The number of nitrogens with zero attached hydrogens (tertiary/aromatic N) is 1. The van der Waals surface area contributed by atoms with Crippen molar-refractivity contribution in [3.8, 4) is 0 Å². The van der Waals surface area contributed by atoms with Crippen LogP contribution in [0.15, 0.2) is 37.2 Å². The number of rotatable bonds is 6. The molecule has 1 amide bonds. The summed E-state index contributed by atoms with van der Waals surface area (Å²) >= 11 is 0. The lowest BCUT2D eigenvalue weighted by Crippen LogP contribution is -2.27. The van der Waals surface area contributed by atoms with Crippen molar-refractivity contribution in [1.82, 2.24) is 4.98 Å². The third kappa shape index (κ3) is 4.23. The third-order valence-corrected chi connectivity index (χ3v) is 2.01. The first-order chi connectivity index (χ1) is 7.74. The molecule has 0 spiro atoms. The molecule has 0 saturated carbocycles. The van der Waals surface area contributed by atoms with E-state index in [1.54, 1.807) is 37.5 Å². The summed E-state index contributed by atoms with van der Waals surface area (Å²) in [6, 6.07) is 3.46. The zero-order valence-corrected chi connectivity index (χ0v) is 9.35. The zero-order chi connectivity index (χ0) is 11.8. The quantitative estimate of drug-likeness (QED) is 0.589. The Bertz CT molecular complexity index is 338. The van der Waals surface area contributed by atoms with Crippen LogP contribution >= 0.6 is 0 Å². The van der Waals surface area contributed by atoms with Crippen molar-refractivity contribution in [3.63, 3.8) is 0 Å². The van der Waals surface area contributed by atoms with Crippen LogP contribution in [0.5, 0.6) is 0 Å². The molecule has 86 valence electrons. The van der Waals surface area contributed by atoms with Crippen LogP contribution in [0, 0.1) is 0 Å². The second-order valence-electron chi connectivity index (χ2n) is 3.32. The lowest BCUT2D eigenvalue weighted by Gasteiger charge is -2.12. The molecule has 16 heavy (non-hydrogen) atoms. The first-order valence-electron chi connectivity index (χ1n) is 5.17. The number of aromatic nitrogens is 1. The fourth-order valence-corrected chi connectivity index (χ4v) is 1.08. The van der Waals surface area contributed by atoms with E-state index in [9.17, 15) is 4.79 Å². The van der Waals surface area contributed by atoms with Crippen LogP contribution in [0.3, 0.4) is 0 Å². The normalized spacial score (nSPS) is 11.8. The van der Waals surface area contributed by atoms with E-state index in [0.717, 1.165) is 12.1 Å². The van der Waals surface area contributed by atoms with Gasteiger partial charge in [0.25, 0.3) is 5.91 Å². The van der Waals surface area contributed by atoms with Gasteiger partial charge in [0, 0.05) is 18.1 Å². The number of anilines is 1. The largest absolute Gasteiger partial charge is 0.368 e. The van der Waals surface area contributed by atoms with Crippen molar-refractivity contribution in [2.75, 3.05) is 11.9 Å². The molecule has 1 rings (SSSR count). The standard InChI is InChI=1S/C12H16N2O2/c1-3-4-9-16-10(2)12(15)14-11-5-7-13-8-6-11/h3,5-8,10H,1,4,9H2,2H3,(H,13,14,15). The molecule has 0 saturated heterocycles. The van der Waals surface area contributed by atoms with Gasteiger partial charge in [0.15, 0.2) is 0 Å². The second kappa shape index (κ2) is 6.74. The molecule has 0 fully saturated rings. The molecule has 1 aromatic heterocycles. The van der Waals surface area contributed by atoms with E-state index in [1.807, 2.05) is 0 Å². The van der Waals surface area contributed by atoms with Crippen molar-refractivity contribution in [2.45, 2.75) is 19.4 Å². The maximum absolute atomic E-state index is 11.6. The number of hydrogen-bond donors (Lipinski definition) is 1. The average molecular weight is 220 g/mol. The molecule has 0 radical (unpaired) electrons. The minimum Gasteiger partial charge on any atom is -0.368 e. The Morgan fingerprint density at radius 2 is 2.31 bits per heavy atom. The molecule has 1 unspecified atom stereocenters. The summed E-state index contributed by atoms with van der Waals surface area (Å²) in [5.41, 5.74) is 0.721. The van der Waals surface area contributed by atoms with Gasteiger partial charge >= 0.3 is 0 Å². The molecular formula is C12H16N2O2. The van der Waals surface area contributed by atoms with Gasteiger partial charge < -0.3 is 10.1 Å². The predicted octanol–water partition coefficient (Wildman–Crippen LogP) is 2.00. The molecule has 4 heteroatoms. The molecule has 1 atom stereocenters. The first-order valence-corrected chi connectivity index (χ1v) is 5.17. The van der Waals surface area contributed by atoms with Crippen molar-refractivity contribution in [3.05, 3.63) is 37.2 Å². The summed E-state index contributed by atoms with van der Waals surface area (Å²) in [6.45, 7) is 5.81. The second-order valence-corrected chi connectivity index (χ2v) is 3.32. The van der Waals surface area contributed by atoms with Crippen LogP contribution in [-0.4, -0.2) is 23.6 Å². The minimum atomic E-state index is -0.465. The van der Waals surface area contributed by atoms with Crippen LogP contribution in [0.4, 0.5) is 5.69 Å². The fraction of sp³-hybridized carbons (Fsp3) is 0.333. The maximum atomic E-state index is 11.6. The summed E-state index contributed by atoms with van der Waals surface area (Å²) in [6.07, 6.45) is 5.28. The molecule has 0 aliphatic heterocycles. The number of ether oxygens (including phenoxy) is 1. The van der Waals surface area contributed by atoms with Crippen LogP contribution < -0.4 is 5.32 Å². The predicted molar refractivity (Wildman–Crippen MR) is 63.1 cm³/mol. The third-order valence-electron chi connectivity index (χ3n) is 2.01. The van der Waals surface area contributed by atoms with Crippen molar-refractivity contribution in [1.29, 1.82) is 0 Å². The summed E-state index contributed by atoms with van der Waals surface area (Å²) < 4.78 is 5.32. The lowest BCUT2D eigenvalue weighted by atomic mass is 10.3. The highest BCUT2D eigenvalue weighted by molar-refractivity contribution is 5.93. The van der Waals surface area contributed by atoms with Crippen LogP contribution in [-0.2, 0) is 9.53 Å². The van der Waals surface area contributed by atoms with Crippen LogP contribution in [0.1, 0.15) is 13.3 Å². The van der Waals surface area contributed by atoms with Gasteiger partial charge in [-0.3, -0.25) is 9.78 Å².